The average Bonchev–Trinajstić information content (AvgIpc) is 3.28. The zero-order valence-electron chi connectivity index (χ0n) is 12.9. The number of amides is 1. The summed E-state index contributed by atoms with van der Waals surface area (Å²) >= 11 is 4.31. The van der Waals surface area contributed by atoms with Crippen LogP contribution in [0.1, 0.15) is 15.2 Å². The van der Waals surface area contributed by atoms with E-state index in [1.165, 1.54) is 29.6 Å². The van der Waals surface area contributed by atoms with Crippen molar-refractivity contribution in [3.63, 3.8) is 0 Å². The van der Waals surface area contributed by atoms with Gasteiger partial charge in [0.1, 0.15) is 0 Å². The number of halogens is 2. The molecule has 0 aliphatic carbocycles. The maximum Gasteiger partial charge on any atom is 0.266 e. The van der Waals surface area contributed by atoms with Gasteiger partial charge in [0.25, 0.3) is 5.91 Å². The Bertz CT molecular complexity index is 1060. The maximum absolute atomic E-state index is 14.1. The molecule has 1 N–H and O–H groups in total. The number of carbonyl (C=O) groups excluding carboxylic acids is 1. The lowest BCUT2D eigenvalue weighted by atomic mass is 10.1. The normalized spacial score (nSPS) is 11.2. The van der Waals surface area contributed by atoms with Crippen molar-refractivity contribution in [1.29, 1.82) is 0 Å². The second-order valence-electron chi connectivity index (χ2n) is 5.47. The van der Waals surface area contributed by atoms with Crippen molar-refractivity contribution in [1.82, 2.24) is 0 Å². The Morgan fingerprint density at radius 2 is 1.88 bits per heavy atom. The van der Waals surface area contributed by atoms with E-state index >= 15 is 0 Å². The Hall–Kier alpha value is -2.09. The Kier molecular flexibility index (Phi) is 4.15. The van der Waals surface area contributed by atoms with Gasteiger partial charge in [-0.1, -0.05) is 12.1 Å². The standard InChI is InChI=1S/C18H11F2NOS3/c1-9-2-3-11(17(20)16(9)19)10-6-15(24-8-10)21-18(22)14-7-13-12(25-14)4-5-23-13/h2-8H,1H3,(H,21,22). The lowest BCUT2D eigenvalue weighted by molar-refractivity contribution is 0.103. The molecular weight excluding hydrogens is 380 g/mol. The predicted molar refractivity (Wildman–Crippen MR) is 102 cm³/mol. The number of hydrogen-bond acceptors (Lipinski definition) is 4. The number of fused-ring (bicyclic) bond motifs is 1. The summed E-state index contributed by atoms with van der Waals surface area (Å²) in [5.74, 6) is -1.90. The first kappa shape index (κ1) is 16.4. The molecule has 0 saturated carbocycles. The Labute approximate surface area is 154 Å². The first-order chi connectivity index (χ1) is 12.0. The number of nitrogens with one attached hydrogen (secondary N) is 1. The molecule has 2 nitrogen and oxygen atoms in total. The van der Waals surface area contributed by atoms with E-state index in [2.05, 4.69) is 5.32 Å². The summed E-state index contributed by atoms with van der Waals surface area (Å²) in [5.41, 5.74) is 1.00. The smallest absolute Gasteiger partial charge is 0.266 e. The number of anilines is 1. The van der Waals surface area contributed by atoms with E-state index in [0.717, 1.165) is 9.40 Å². The second-order valence-corrected chi connectivity index (χ2v) is 8.41. The Balaban J connectivity index is 1.58. The summed E-state index contributed by atoms with van der Waals surface area (Å²) in [4.78, 5) is 13.0. The minimum Gasteiger partial charge on any atom is -0.313 e. The first-order valence-electron chi connectivity index (χ1n) is 7.35. The van der Waals surface area contributed by atoms with E-state index in [1.54, 1.807) is 34.9 Å². The number of thiophene rings is 3. The summed E-state index contributed by atoms with van der Waals surface area (Å²) in [6.45, 7) is 1.52. The van der Waals surface area contributed by atoms with Gasteiger partial charge in [-0.05, 0) is 41.6 Å². The van der Waals surface area contributed by atoms with Crippen molar-refractivity contribution in [3.05, 3.63) is 63.2 Å². The quantitative estimate of drug-likeness (QED) is 0.423. The largest absolute Gasteiger partial charge is 0.313 e. The number of aryl methyl sites for hydroxylation is 1. The highest BCUT2D eigenvalue weighted by atomic mass is 32.1. The third-order valence-electron chi connectivity index (χ3n) is 3.79. The monoisotopic (exact) mass is 391 g/mol. The highest BCUT2D eigenvalue weighted by molar-refractivity contribution is 7.28. The van der Waals surface area contributed by atoms with Crippen LogP contribution in [0.3, 0.4) is 0 Å². The third kappa shape index (κ3) is 2.99. The van der Waals surface area contributed by atoms with Crippen molar-refractivity contribution in [3.8, 4) is 11.1 Å². The molecule has 0 fully saturated rings. The van der Waals surface area contributed by atoms with Crippen LogP contribution < -0.4 is 5.32 Å². The lowest BCUT2D eigenvalue weighted by Crippen LogP contribution is -2.08. The van der Waals surface area contributed by atoms with E-state index < -0.39 is 11.6 Å². The molecule has 0 unspecified atom stereocenters. The van der Waals surface area contributed by atoms with Crippen molar-refractivity contribution < 1.29 is 13.6 Å². The Morgan fingerprint density at radius 1 is 1.04 bits per heavy atom. The predicted octanol–water partition coefficient (Wildman–Crippen LogP) is 6.53. The van der Waals surface area contributed by atoms with E-state index in [9.17, 15) is 13.6 Å². The van der Waals surface area contributed by atoms with Gasteiger partial charge >= 0.3 is 0 Å². The van der Waals surface area contributed by atoms with Crippen LogP contribution in [0, 0.1) is 18.6 Å². The highest BCUT2D eigenvalue weighted by Crippen LogP contribution is 2.34. The summed E-state index contributed by atoms with van der Waals surface area (Å²) in [6.07, 6.45) is 0. The maximum atomic E-state index is 14.1. The average molecular weight is 391 g/mol. The first-order valence-corrected chi connectivity index (χ1v) is 9.92. The molecule has 1 amide bonds. The van der Waals surface area contributed by atoms with E-state index in [1.807, 2.05) is 17.5 Å². The molecule has 126 valence electrons. The SMILES string of the molecule is Cc1ccc(-c2csc(NC(=O)c3cc4sccc4s3)c2)c(F)c1F. The fourth-order valence-electron chi connectivity index (χ4n) is 2.46. The van der Waals surface area contributed by atoms with E-state index in [0.29, 0.717) is 15.4 Å². The molecule has 0 spiro atoms. The molecule has 0 radical (unpaired) electrons. The number of hydrogen-bond donors (Lipinski definition) is 1. The minimum absolute atomic E-state index is 0.191. The fourth-order valence-corrected chi connectivity index (χ4v) is 5.26. The molecule has 4 aromatic rings. The lowest BCUT2D eigenvalue weighted by Gasteiger charge is -2.04. The second kappa shape index (κ2) is 6.33. The summed E-state index contributed by atoms with van der Waals surface area (Å²) < 4.78 is 30.0. The van der Waals surface area contributed by atoms with Gasteiger partial charge < -0.3 is 5.32 Å². The summed E-state index contributed by atoms with van der Waals surface area (Å²) in [6, 6.07) is 8.60. The van der Waals surface area contributed by atoms with Gasteiger partial charge in [-0.3, -0.25) is 4.79 Å². The van der Waals surface area contributed by atoms with Crippen LogP contribution in [0.15, 0.2) is 41.1 Å². The minimum atomic E-state index is -0.867. The Morgan fingerprint density at radius 3 is 2.68 bits per heavy atom. The van der Waals surface area contributed by atoms with E-state index in [-0.39, 0.29) is 17.0 Å². The van der Waals surface area contributed by atoms with Crippen LogP contribution in [0.5, 0.6) is 0 Å². The molecule has 7 heteroatoms. The number of carbonyl (C=O) groups is 1. The summed E-state index contributed by atoms with van der Waals surface area (Å²) in [7, 11) is 0. The molecule has 25 heavy (non-hydrogen) atoms. The third-order valence-corrected chi connectivity index (χ3v) is 6.72. The van der Waals surface area contributed by atoms with Crippen molar-refractivity contribution >= 4 is 54.3 Å². The summed E-state index contributed by atoms with van der Waals surface area (Å²) in [5, 5.41) is 7.11. The molecule has 0 bridgehead atoms. The topological polar surface area (TPSA) is 29.1 Å². The number of benzene rings is 1. The van der Waals surface area contributed by atoms with Crippen LogP contribution in [-0.2, 0) is 0 Å². The van der Waals surface area contributed by atoms with Gasteiger partial charge in [0, 0.05) is 20.3 Å². The van der Waals surface area contributed by atoms with Crippen LogP contribution in [0.4, 0.5) is 13.8 Å². The zero-order chi connectivity index (χ0) is 17.6. The molecule has 0 aliphatic heterocycles. The van der Waals surface area contributed by atoms with Gasteiger partial charge in [-0.15, -0.1) is 34.0 Å². The molecule has 0 saturated heterocycles. The van der Waals surface area contributed by atoms with Crippen molar-refractivity contribution in [2.75, 3.05) is 5.32 Å². The molecule has 1 aromatic carbocycles. The van der Waals surface area contributed by atoms with Crippen molar-refractivity contribution in [2.45, 2.75) is 6.92 Å². The van der Waals surface area contributed by atoms with Crippen LogP contribution in [-0.4, -0.2) is 5.91 Å². The molecule has 3 heterocycles. The fraction of sp³-hybridized carbons (Fsp3) is 0.0556. The van der Waals surface area contributed by atoms with Crippen molar-refractivity contribution in [2.24, 2.45) is 0 Å². The molecular formula is C18H11F2NOS3. The van der Waals surface area contributed by atoms with Crippen LogP contribution in [0.25, 0.3) is 20.5 Å². The van der Waals surface area contributed by atoms with Crippen LogP contribution in [0.2, 0.25) is 0 Å². The molecule has 0 atom stereocenters. The molecule has 4 rings (SSSR count). The molecule has 0 aliphatic rings. The van der Waals surface area contributed by atoms with Gasteiger partial charge in [-0.2, -0.15) is 0 Å². The van der Waals surface area contributed by atoms with Crippen LogP contribution >= 0.6 is 34.0 Å². The van der Waals surface area contributed by atoms with Gasteiger partial charge in [0.05, 0.1) is 9.88 Å². The molecule has 3 aromatic heterocycles. The van der Waals surface area contributed by atoms with Gasteiger partial charge in [0.15, 0.2) is 11.6 Å². The number of rotatable bonds is 3. The van der Waals surface area contributed by atoms with Gasteiger partial charge in [0.2, 0.25) is 0 Å². The van der Waals surface area contributed by atoms with E-state index in [4.69, 9.17) is 0 Å². The van der Waals surface area contributed by atoms with Gasteiger partial charge in [-0.25, -0.2) is 8.78 Å². The highest BCUT2D eigenvalue weighted by Gasteiger charge is 2.16. The zero-order valence-corrected chi connectivity index (χ0v) is 15.4.